The van der Waals surface area contributed by atoms with E-state index in [9.17, 15) is 13.2 Å². The van der Waals surface area contributed by atoms with E-state index in [1.165, 1.54) is 0 Å². The maximum absolute atomic E-state index is 12.4. The number of rotatable bonds is 3. The quantitative estimate of drug-likeness (QED) is 0.806. The van der Waals surface area contributed by atoms with Crippen LogP contribution in [0.5, 0.6) is 0 Å². The van der Waals surface area contributed by atoms with E-state index < -0.39 is 16.9 Å². The minimum Gasteiger partial charge on any atom is -0.240 e. The summed E-state index contributed by atoms with van der Waals surface area (Å²) in [7, 11) is 0. The number of unbranched alkanes of at least 4 members (excludes halogenated alkanes) is 1. The van der Waals surface area contributed by atoms with Gasteiger partial charge in [-0.2, -0.15) is 13.2 Å². The highest BCUT2D eigenvalue weighted by atomic mass is 35.5. The van der Waals surface area contributed by atoms with Crippen molar-refractivity contribution in [2.24, 2.45) is 0 Å². The maximum atomic E-state index is 12.4. The molecule has 0 radical (unpaired) electrons. The normalized spacial score (nSPS) is 11.8. The van der Waals surface area contributed by atoms with Crippen LogP contribution >= 0.6 is 11.6 Å². The molecule has 0 fully saturated rings. The van der Waals surface area contributed by atoms with Crippen LogP contribution in [0.1, 0.15) is 31.3 Å². The van der Waals surface area contributed by atoms with E-state index in [0.717, 1.165) is 19.0 Å². The van der Waals surface area contributed by atoms with Gasteiger partial charge < -0.3 is 0 Å². The molecule has 2 nitrogen and oxygen atoms in total. The first-order valence-corrected chi connectivity index (χ1v) is 4.91. The molecule has 0 aromatic carbocycles. The van der Waals surface area contributed by atoms with Gasteiger partial charge in [0.15, 0.2) is 5.69 Å². The first-order chi connectivity index (χ1) is 6.95. The molecule has 0 aliphatic rings. The number of hydrogen-bond donors (Lipinski definition) is 0. The van der Waals surface area contributed by atoms with Crippen LogP contribution in [0.3, 0.4) is 0 Å². The molecular weight excluding hydrogens is 229 g/mol. The SMILES string of the molecule is CCCCc1ncc(Cl)c(C(F)(F)F)n1. The summed E-state index contributed by atoms with van der Waals surface area (Å²) < 4.78 is 37.1. The maximum Gasteiger partial charge on any atom is 0.434 e. The molecule has 0 N–H and O–H groups in total. The van der Waals surface area contributed by atoms with Gasteiger partial charge in [0.1, 0.15) is 5.82 Å². The monoisotopic (exact) mass is 238 g/mol. The molecule has 1 aromatic rings. The van der Waals surface area contributed by atoms with E-state index >= 15 is 0 Å². The number of aryl methyl sites for hydroxylation is 1. The van der Waals surface area contributed by atoms with Crippen LogP contribution in [0.15, 0.2) is 6.20 Å². The van der Waals surface area contributed by atoms with Gasteiger partial charge in [-0.05, 0) is 6.42 Å². The number of alkyl halides is 3. The second-order valence-corrected chi connectivity index (χ2v) is 3.49. The van der Waals surface area contributed by atoms with E-state index in [0.29, 0.717) is 6.42 Å². The molecule has 15 heavy (non-hydrogen) atoms. The summed E-state index contributed by atoms with van der Waals surface area (Å²) in [6.45, 7) is 1.95. The molecule has 1 heterocycles. The van der Waals surface area contributed by atoms with Gasteiger partial charge >= 0.3 is 6.18 Å². The highest BCUT2D eigenvalue weighted by Gasteiger charge is 2.35. The molecule has 0 saturated carbocycles. The van der Waals surface area contributed by atoms with Crippen molar-refractivity contribution in [3.8, 4) is 0 Å². The first kappa shape index (κ1) is 12.2. The third-order valence-corrected chi connectivity index (χ3v) is 2.09. The predicted octanol–water partition coefficient (Wildman–Crippen LogP) is 3.49. The Morgan fingerprint density at radius 1 is 1.40 bits per heavy atom. The van der Waals surface area contributed by atoms with Crippen LogP contribution in [0.4, 0.5) is 13.2 Å². The molecule has 0 atom stereocenters. The summed E-state index contributed by atoms with van der Waals surface area (Å²) in [5.41, 5.74) is -1.05. The van der Waals surface area contributed by atoms with Crippen LogP contribution in [0.25, 0.3) is 0 Å². The van der Waals surface area contributed by atoms with E-state index in [2.05, 4.69) is 9.97 Å². The van der Waals surface area contributed by atoms with Gasteiger partial charge in [-0.3, -0.25) is 0 Å². The molecule has 0 saturated heterocycles. The minimum atomic E-state index is -4.51. The topological polar surface area (TPSA) is 25.8 Å². The second-order valence-electron chi connectivity index (χ2n) is 3.08. The second kappa shape index (κ2) is 4.79. The average molecular weight is 239 g/mol. The molecule has 6 heteroatoms. The molecule has 84 valence electrons. The van der Waals surface area contributed by atoms with Crippen LogP contribution in [-0.2, 0) is 12.6 Å². The van der Waals surface area contributed by atoms with Gasteiger partial charge in [-0.1, -0.05) is 24.9 Å². The van der Waals surface area contributed by atoms with Crippen molar-refractivity contribution in [1.29, 1.82) is 0 Å². The average Bonchev–Trinajstić information content (AvgIpc) is 2.15. The largest absolute Gasteiger partial charge is 0.434 e. The van der Waals surface area contributed by atoms with Crippen molar-refractivity contribution in [2.75, 3.05) is 0 Å². The highest BCUT2D eigenvalue weighted by molar-refractivity contribution is 6.31. The van der Waals surface area contributed by atoms with Crippen molar-refractivity contribution in [3.63, 3.8) is 0 Å². The third-order valence-electron chi connectivity index (χ3n) is 1.82. The van der Waals surface area contributed by atoms with E-state index in [4.69, 9.17) is 11.6 Å². The van der Waals surface area contributed by atoms with Gasteiger partial charge in [0.25, 0.3) is 0 Å². The number of aromatic nitrogens is 2. The number of hydrogen-bond acceptors (Lipinski definition) is 2. The van der Waals surface area contributed by atoms with Gasteiger partial charge in [0.2, 0.25) is 0 Å². The van der Waals surface area contributed by atoms with Crippen LogP contribution < -0.4 is 0 Å². The zero-order valence-corrected chi connectivity index (χ0v) is 8.86. The smallest absolute Gasteiger partial charge is 0.240 e. The first-order valence-electron chi connectivity index (χ1n) is 4.53. The number of nitrogens with zero attached hydrogens (tertiary/aromatic N) is 2. The van der Waals surface area contributed by atoms with Crippen molar-refractivity contribution in [2.45, 2.75) is 32.4 Å². The van der Waals surface area contributed by atoms with E-state index in [1.54, 1.807) is 0 Å². The Labute approximate surface area is 90.5 Å². The molecule has 0 aliphatic heterocycles. The lowest BCUT2D eigenvalue weighted by molar-refractivity contribution is -0.141. The minimum absolute atomic E-state index is 0.188. The fourth-order valence-electron chi connectivity index (χ4n) is 1.06. The van der Waals surface area contributed by atoms with Crippen LogP contribution in [-0.4, -0.2) is 9.97 Å². The Bertz CT molecular complexity index is 339. The third kappa shape index (κ3) is 3.34. The lowest BCUT2D eigenvalue weighted by atomic mass is 10.2. The van der Waals surface area contributed by atoms with Crippen molar-refractivity contribution >= 4 is 11.6 Å². The molecule has 1 rings (SSSR count). The summed E-state index contributed by atoms with van der Waals surface area (Å²) in [5, 5.41) is -0.456. The molecule has 0 unspecified atom stereocenters. The van der Waals surface area contributed by atoms with Gasteiger partial charge in [-0.25, -0.2) is 9.97 Å². The Hall–Kier alpha value is -0.840. The van der Waals surface area contributed by atoms with Crippen LogP contribution in [0, 0.1) is 0 Å². The van der Waals surface area contributed by atoms with Crippen molar-refractivity contribution in [3.05, 3.63) is 22.7 Å². The highest BCUT2D eigenvalue weighted by Crippen LogP contribution is 2.32. The van der Waals surface area contributed by atoms with E-state index in [-0.39, 0.29) is 5.82 Å². The van der Waals surface area contributed by atoms with Crippen molar-refractivity contribution < 1.29 is 13.2 Å². The molecule has 0 amide bonds. The summed E-state index contributed by atoms with van der Waals surface area (Å²) >= 11 is 5.37. The van der Waals surface area contributed by atoms with E-state index in [1.807, 2.05) is 6.92 Å². The predicted molar refractivity (Wildman–Crippen MR) is 50.7 cm³/mol. The summed E-state index contributed by atoms with van der Waals surface area (Å²) in [5.74, 6) is 0.188. The van der Waals surface area contributed by atoms with Gasteiger partial charge in [-0.15, -0.1) is 0 Å². The van der Waals surface area contributed by atoms with Crippen LogP contribution in [0.2, 0.25) is 5.02 Å². The molecule has 0 aliphatic carbocycles. The Morgan fingerprint density at radius 2 is 2.07 bits per heavy atom. The Morgan fingerprint density at radius 3 is 2.60 bits per heavy atom. The summed E-state index contributed by atoms with van der Waals surface area (Å²) in [6.07, 6.45) is -1.42. The van der Waals surface area contributed by atoms with Gasteiger partial charge in [0.05, 0.1) is 5.02 Å². The Balaban J connectivity index is 2.95. The zero-order chi connectivity index (χ0) is 11.5. The molecule has 0 bridgehead atoms. The molecule has 1 aromatic heterocycles. The molecular formula is C9H10ClF3N2. The summed E-state index contributed by atoms with van der Waals surface area (Å²) in [6, 6.07) is 0. The summed E-state index contributed by atoms with van der Waals surface area (Å²) in [4.78, 5) is 7.16. The lowest BCUT2D eigenvalue weighted by Gasteiger charge is -2.08. The number of halogens is 4. The lowest BCUT2D eigenvalue weighted by Crippen LogP contribution is -2.11. The molecule has 0 spiro atoms. The van der Waals surface area contributed by atoms with Crippen molar-refractivity contribution in [1.82, 2.24) is 9.97 Å². The fraction of sp³-hybridized carbons (Fsp3) is 0.556. The fourth-order valence-corrected chi connectivity index (χ4v) is 1.26. The zero-order valence-electron chi connectivity index (χ0n) is 8.10. The Kier molecular flexibility index (Phi) is 3.90. The standard InChI is InChI=1S/C9H10ClF3N2/c1-2-3-4-7-14-5-6(10)8(15-7)9(11,12)13/h5H,2-4H2,1H3. The van der Waals surface area contributed by atoms with Gasteiger partial charge in [0, 0.05) is 12.6 Å².